The van der Waals surface area contributed by atoms with Crippen molar-refractivity contribution in [1.82, 2.24) is 20.0 Å². The lowest BCUT2D eigenvalue weighted by Gasteiger charge is -2.38. The van der Waals surface area contributed by atoms with Gasteiger partial charge in [0.1, 0.15) is 11.6 Å². The van der Waals surface area contributed by atoms with Crippen molar-refractivity contribution in [2.45, 2.75) is 19.4 Å². The molecule has 1 N–H and O–H groups in total. The van der Waals surface area contributed by atoms with Crippen LogP contribution in [0.3, 0.4) is 0 Å². The van der Waals surface area contributed by atoms with Crippen molar-refractivity contribution < 1.29 is 13.6 Å². The summed E-state index contributed by atoms with van der Waals surface area (Å²) >= 11 is 0. The summed E-state index contributed by atoms with van der Waals surface area (Å²) in [6.45, 7) is 9.45. The summed E-state index contributed by atoms with van der Waals surface area (Å²) < 4.78 is 27.1. The number of hydrogen-bond acceptors (Lipinski definition) is 4. The van der Waals surface area contributed by atoms with Gasteiger partial charge in [0, 0.05) is 83.0 Å². The van der Waals surface area contributed by atoms with Crippen molar-refractivity contribution in [3.05, 3.63) is 35.4 Å². The van der Waals surface area contributed by atoms with Gasteiger partial charge in [-0.2, -0.15) is 0 Å². The zero-order chi connectivity index (χ0) is 18.5. The van der Waals surface area contributed by atoms with Crippen LogP contribution in [-0.2, 0) is 4.79 Å². The van der Waals surface area contributed by atoms with Gasteiger partial charge in [-0.25, -0.2) is 8.78 Å². The van der Waals surface area contributed by atoms with E-state index in [1.54, 1.807) is 0 Å². The lowest BCUT2D eigenvalue weighted by Crippen LogP contribution is -2.49. The van der Waals surface area contributed by atoms with E-state index in [9.17, 15) is 13.6 Å². The molecule has 0 aromatic heterocycles. The van der Waals surface area contributed by atoms with Crippen LogP contribution in [0.2, 0.25) is 0 Å². The van der Waals surface area contributed by atoms with Gasteiger partial charge in [-0.3, -0.25) is 9.69 Å². The molecular formula is C19H28F2N4O. The fraction of sp³-hybridized carbons (Fsp3) is 0.632. The fourth-order valence-electron chi connectivity index (χ4n) is 3.74. The quantitative estimate of drug-likeness (QED) is 0.857. The number of hydrogen-bond donors (Lipinski definition) is 1. The molecule has 3 rings (SSSR count). The molecule has 1 amide bonds. The number of nitrogens with zero attached hydrogens (tertiary/aromatic N) is 3. The summed E-state index contributed by atoms with van der Waals surface area (Å²) in [7, 11) is 0. The Bertz CT molecular complexity index is 614. The third-order valence-corrected chi connectivity index (χ3v) is 5.48. The SMILES string of the molecule is CC(c1ccc(F)cc1F)N1CCN(CCC(=O)N2CCNCC2)CC1. The Morgan fingerprint density at radius 2 is 1.81 bits per heavy atom. The topological polar surface area (TPSA) is 38.8 Å². The average molecular weight is 366 g/mol. The number of amides is 1. The maximum Gasteiger partial charge on any atom is 0.223 e. The summed E-state index contributed by atoms with van der Waals surface area (Å²) in [6.07, 6.45) is 0.558. The van der Waals surface area contributed by atoms with E-state index >= 15 is 0 Å². The van der Waals surface area contributed by atoms with Crippen molar-refractivity contribution in [2.24, 2.45) is 0 Å². The zero-order valence-electron chi connectivity index (χ0n) is 15.4. The number of carbonyl (C=O) groups is 1. The number of rotatable bonds is 5. The minimum absolute atomic E-state index is 0.0831. The van der Waals surface area contributed by atoms with Crippen LogP contribution < -0.4 is 5.32 Å². The standard InChI is InChI=1S/C19H28F2N4O/c1-15(17-3-2-16(20)14-18(17)21)24-12-10-23(11-13-24)7-4-19(26)25-8-5-22-6-9-25/h2-3,14-15,22H,4-13H2,1H3. The van der Waals surface area contributed by atoms with E-state index in [0.29, 0.717) is 12.0 Å². The maximum absolute atomic E-state index is 14.0. The molecule has 2 aliphatic heterocycles. The molecule has 0 bridgehead atoms. The molecule has 0 saturated carbocycles. The summed E-state index contributed by atoms with van der Waals surface area (Å²) in [5, 5.41) is 3.25. The molecule has 0 radical (unpaired) electrons. The van der Waals surface area contributed by atoms with Gasteiger partial charge in [0.15, 0.2) is 0 Å². The van der Waals surface area contributed by atoms with Crippen molar-refractivity contribution in [1.29, 1.82) is 0 Å². The average Bonchev–Trinajstić information content (AvgIpc) is 2.67. The summed E-state index contributed by atoms with van der Waals surface area (Å²) in [5.41, 5.74) is 0.536. The molecule has 1 aromatic rings. The van der Waals surface area contributed by atoms with Gasteiger partial charge in [0.05, 0.1) is 0 Å². The second-order valence-electron chi connectivity index (χ2n) is 7.10. The molecule has 0 aliphatic carbocycles. The van der Waals surface area contributed by atoms with Crippen LogP contribution in [0.5, 0.6) is 0 Å². The van der Waals surface area contributed by atoms with E-state index in [2.05, 4.69) is 15.1 Å². The number of carbonyl (C=O) groups excluding carboxylic acids is 1. The van der Waals surface area contributed by atoms with Crippen LogP contribution in [0.1, 0.15) is 24.9 Å². The second-order valence-corrected chi connectivity index (χ2v) is 7.10. The van der Waals surface area contributed by atoms with Crippen molar-refractivity contribution in [2.75, 3.05) is 58.9 Å². The Kier molecular flexibility index (Phi) is 6.56. The number of benzene rings is 1. The monoisotopic (exact) mass is 366 g/mol. The van der Waals surface area contributed by atoms with Crippen LogP contribution in [0.4, 0.5) is 8.78 Å². The molecule has 1 aromatic carbocycles. The Morgan fingerprint density at radius 3 is 2.46 bits per heavy atom. The van der Waals surface area contributed by atoms with Gasteiger partial charge >= 0.3 is 0 Å². The summed E-state index contributed by atoms with van der Waals surface area (Å²) in [5.74, 6) is -0.797. The Morgan fingerprint density at radius 1 is 1.12 bits per heavy atom. The van der Waals surface area contributed by atoms with E-state index in [4.69, 9.17) is 0 Å². The molecule has 1 unspecified atom stereocenters. The molecule has 0 spiro atoms. The largest absolute Gasteiger partial charge is 0.340 e. The van der Waals surface area contributed by atoms with Gasteiger partial charge in [0.2, 0.25) is 5.91 Å². The second kappa shape index (κ2) is 8.88. The van der Waals surface area contributed by atoms with E-state index < -0.39 is 11.6 Å². The predicted molar refractivity (Wildman–Crippen MR) is 96.9 cm³/mol. The van der Waals surface area contributed by atoms with E-state index in [-0.39, 0.29) is 11.9 Å². The summed E-state index contributed by atoms with van der Waals surface area (Å²) in [4.78, 5) is 18.7. The lowest BCUT2D eigenvalue weighted by molar-refractivity contribution is -0.132. The highest BCUT2D eigenvalue weighted by atomic mass is 19.1. The predicted octanol–water partition coefficient (Wildman–Crippen LogP) is 1.47. The van der Waals surface area contributed by atoms with Crippen molar-refractivity contribution in [3.63, 3.8) is 0 Å². The molecule has 1 atom stereocenters. The van der Waals surface area contributed by atoms with Crippen LogP contribution >= 0.6 is 0 Å². The van der Waals surface area contributed by atoms with Gasteiger partial charge in [-0.15, -0.1) is 0 Å². The third-order valence-electron chi connectivity index (χ3n) is 5.48. The number of halogens is 2. The maximum atomic E-state index is 14.0. The minimum atomic E-state index is -0.544. The Hall–Kier alpha value is -1.57. The molecule has 2 heterocycles. The molecular weight excluding hydrogens is 338 g/mol. The first-order valence-corrected chi connectivity index (χ1v) is 9.44. The highest BCUT2D eigenvalue weighted by molar-refractivity contribution is 5.76. The molecule has 26 heavy (non-hydrogen) atoms. The third kappa shape index (κ3) is 4.78. The summed E-state index contributed by atoms with van der Waals surface area (Å²) in [6, 6.07) is 3.71. The molecule has 144 valence electrons. The highest BCUT2D eigenvalue weighted by Crippen LogP contribution is 2.24. The lowest BCUT2D eigenvalue weighted by atomic mass is 10.1. The van der Waals surface area contributed by atoms with Crippen LogP contribution in [-0.4, -0.2) is 79.5 Å². The normalized spacial score (nSPS) is 21.0. The first kappa shape index (κ1) is 19.2. The van der Waals surface area contributed by atoms with Crippen molar-refractivity contribution >= 4 is 5.91 Å². The zero-order valence-corrected chi connectivity index (χ0v) is 15.4. The molecule has 2 fully saturated rings. The first-order chi connectivity index (χ1) is 12.5. The number of nitrogens with one attached hydrogen (secondary N) is 1. The first-order valence-electron chi connectivity index (χ1n) is 9.44. The smallest absolute Gasteiger partial charge is 0.223 e. The fourth-order valence-corrected chi connectivity index (χ4v) is 3.74. The molecule has 2 aliphatic rings. The van der Waals surface area contributed by atoms with Crippen LogP contribution in [0.15, 0.2) is 18.2 Å². The molecule has 5 nitrogen and oxygen atoms in total. The van der Waals surface area contributed by atoms with Crippen LogP contribution in [0.25, 0.3) is 0 Å². The van der Waals surface area contributed by atoms with Gasteiger partial charge in [-0.05, 0) is 13.0 Å². The van der Waals surface area contributed by atoms with E-state index in [1.807, 2.05) is 11.8 Å². The Labute approximate surface area is 153 Å². The van der Waals surface area contributed by atoms with E-state index in [1.165, 1.54) is 12.1 Å². The van der Waals surface area contributed by atoms with Gasteiger partial charge in [-0.1, -0.05) is 6.07 Å². The molecule has 2 saturated heterocycles. The van der Waals surface area contributed by atoms with Crippen molar-refractivity contribution in [3.8, 4) is 0 Å². The van der Waals surface area contributed by atoms with Gasteiger partial charge < -0.3 is 15.1 Å². The van der Waals surface area contributed by atoms with Gasteiger partial charge in [0.25, 0.3) is 0 Å². The number of piperazine rings is 2. The highest BCUT2D eigenvalue weighted by Gasteiger charge is 2.25. The van der Waals surface area contributed by atoms with E-state index in [0.717, 1.165) is 65.0 Å². The van der Waals surface area contributed by atoms with Crippen LogP contribution in [0, 0.1) is 11.6 Å². The minimum Gasteiger partial charge on any atom is -0.340 e. The Balaban J connectivity index is 1.44. The molecule has 7 heteroatoms.